The number of methoxy groups -OCH3 is 1. The second-order valence-electron chi connectivity index (χ2n) is 4.45. The van der Waals surface area contributed by atoms with Gasteiger partial charge in [0.2, 0.25) is 0 Å². The molecule has 1 atom stereocenters. The van der Waals surface area contributed by atoms with E-state index < -0.39 is 0 Å². The Labute approximate surface area is 105 Å². The van der Waals surface area contributed by atoms with Crippen molar-refractivity contribution >= 4 is 0 Å². The molecule has 2 N–H and O–H groups in total. The maximum absolute atomic E-state index is 5.92. The summed E-state index contributed by atoms with van der Waals surface area (Å²) in [6, 6.07) is 8.96. The summed E-state index contributed by atoms with van der Waals surface area (Å²) in [5.74, 6) is 0.886. The molecule has 0 amide bonds. The molecule has 3 nitrogen and oxygen atoms in total. The van der Waals surface area contributed by atoms with Crippen molar-refractivity contribution in [1.82, 2.24) is 4.90 Å². The zero-order valence-corrected chi connectivity index (χ0v) is 11.3. The van der Waals surface area contributed by atoms with Crippen LogP contribution in [0.4, 0.5) is 0 Å². The Morgan fingerprint density at radius 1 is 1.24 bits per heavy atom. The standard InChI is InChI=1S/C14H24N2O/c1-5-16(11(2)3)14(10-15)12-6-8-13(17-4)9-7-12/h6-9,11,14H,5,10,15H2,1-4H3. The van der Waals surface area contributed by atoms with Gasteiger partial charge in [-0.1, -0.05) is 19.1 Å². The molecule has 0 aliphatic rings. The molecule has 0 heterocycles. The lowest BCUT2D eigenvalue weighted by atomic mass is 10.0. The molecule has 1 rings (SSSR count). The molecule has 0 aliphatic carbocycles. The summed E-state index contributed by atoms with van der Waals surface area (Å²) in [5.41, 5.74) is 7.17. The van der Waals surface area contributed by atoms with E-state index in [9.17, 15) is 0 Å². The molecular formula is C14H24N2O. The van der Waals surface area contributed by atoms with Crippen LogP contribution in [0.3, 0.4) is 0 Å². The van der Waals surface area contributed by atoms with Gasteiger partial charge in [-0.15, -0.1) is 0 Å². The minimum absolute atomic E-state index is 0.283. The van der Waals surface area contributed by atoms with Crippen molar-refractivity contribution in [2.24, 2.45) is 5.73 Å². The van der Waals surface area contributed by atoms with E-state index in [0.717, 1.165) is 12.3 Å². The van der Waals surface area contributed by atoms with Crippen LogP contribution in [0.5, 0.6) is 5.75 Å². The Kier molecular flexibility index (Phi) is 5.45. The van der Waals surface area contributed by atoms with Crippen molar-refractivity contribution in [2.75, 3.05) is 20.2 Å². The van der Waals surface area contributed by atoms with Gasteiger partial charge in [0.25, 0.3) is 0 Å². The highest BCUT2D eigenvalue weighted by Gasteiger charge is 2.19. The van der Waals surface area contributed by atoms with Crippen LogP contribution in [0.2, 0.25) is 0 Å². The third-order valence-electron chi connectivity index (χ3n) is 3.15. The molecule has 0 radical (unpaired) electrons. The highest BCUT2D eigenvalue weighted by molar-refractivity contribution is 5.29. The van der Waals surface area contributed by atoms with Gasteiger partial charge in [0.15, 0.2) is 0 Å². The second-order valence-corrected chi connectivity index (χ2v) is 4.45. The van der Waals surface area contributed by atoms with Crippen LogP contribution in [0, 0.1) is 0 Å². The fraction of sp³-hybridized carbons (Fsp3) is 0.571. The van der Waals surface area contributed by atoms with Gasteiger partial charge in [0, 0.05) is 18.6 Å². The molecule has 0 saturated heterocycles. The molecule has 0 bridgehead atoms. The Morgan fingerprint density at radius 2 is 1.82 bits per heavy atom. The van der Waals surface area contributed by atoms with Crippen LogP contribution in [-0.2, 0) is 0 Å². The molecule has 0 spiro atoms. The van der Waals surface area contributed by atoms with Crippen LogP contribution in [0.1, 0.15) is 32.4 Å². The van der Waals surface area contributed by atoms with Crippen molar-refractivity contribution in [3.8, 4) is 5.75 Å². The maximum Gasteiger partial charge on any atom is 0.118 e. The van der Waals surface area contributed by atoms with E-state index in [4.69, 9.17) is 10.5 Å². The van der Waals surface area contributed by atoms with Crippen LogP contribution in [-0.4, -0.2) is 31.1 Å². The lowest BCUT2D eigenvalue weighted by Gasteiger charge is -2.33. The summed E-state index contributed by atoms with van der Waals surface area (Å²) >= 11 is 0. The number of benzene rings is 1. The van der Waals surface area contributed by atoms with Gasteiger partial charge in [-0.3, -0.25) is 4.90 Å². The lowest BCUT2D eigenvalue weighted by molar-refractivity contribution is 0.166. The normalized spacial score (nSPS) is 13.1. The predicted octanol–water partition coefficient (Wildman–Crippen LogP) is 2.43. The highest BCUT2D eigenvalue weighted by Crippen LogP contribution is 2.23. The van der Waals surface area contributed by atoms with E-state index >= 15 is 0 Å². The van der Waals surface area contributed by atoms with Crippen molar-refractivity contribution in [3.63, 3.8) is 0 Å². The van der Waals surface area contributed by atoms with Gasteiger partial charge in [0.05, 0.1) is 7.11 Å². The molecular weight excluding hydrogens is 212 g/mol. The summed E-state index contributed by atoms with van der Waals surface area (Å²) in [5, 5.41) is 0. The number of hydrogen-bond donors (Lipinski definition) is 1. The summed E-state index contributed by atoms with van der Waals surface area (Å²) in [7, 11) is 1.68. The number of ether oxygens (including phenoxy) is 1. The number of nitrogens with two attached hydrogens (primary N) is 1. The molecule has 0 saturated carbocycles. The van der Waals surface area contributed by atoms with Crippen LogP contribution in [0.15, 0.2) is 24.3 Å². The Morgan fingerprint density at radius 3 is 2.18 bits per heavy atom. The Hall–Kier alpha value is -1.06. The van der Waals surface area contributed by atoms with E-state index in [1.807, 2.05) is 12.1 Å². The molecule has 1 aromatic carbocycles. The molecule has 3 heteroatoms. The monoisotopic (exact) mass is 236 g/mol. The third-order valence-corrected chi connectivity index (χ3v) is 3.15. The van der Waals surface area contributed by atoms with Crippen LogP contribution >= 0.6 is 0 Å². The van der Waals surface area contributed by atoms with Crippen molar-refractivity contribution in [1.29, 1.82) is 0 Å². The Bertz CT molecular complexity index is 321. The highest BCUT2D eigenvalue weighted by atomic mass is 16.5. The summed E-state index contributed by atoms with van der Waals surface area (Å²) < 4.78 is 5.17. The van der Waals surface area contributed by atoms with Crippen LogP contribution < -0.4 is 10.5 Å². The van der Waals surface area contributed by atoms with E-state index in [2.05, 4.69) is 37.8 Å². The van der Waals surface area contributed by atoms with Crippen molar-refractivity contribution < 1.29 is 4.74 Å². The van der Waals surface area contributed by atoms with Gasteiger partial charge in [0.1, 0.15) is 5.75 Å². The molecule has 1 unspecified atom stereocenters. The predicted molar refractivity (Wildman–Crippen MR) is 72.3 cm³/mol. The summed E-state index contributed by atoms with van der Waals surface area (Å²) in [6.07, 6.45) is 0. The van der Waals surface area contributed by atoms with Gasteiger partial charge in [-0.2, -0.15) is 0 Å². The third kappa shape index (κ3) is 3.45. The average molecular weight is 236 g/mol. The number of rotatable bonds is 6. The smallest absolute Gasteiger partial charge is 0.118 e. The van der Waals surface area contributed by atoms with Gasteiger partial charge >= 0.3 is 0 Å². The number of nitrogens with zero attached hydrogens (tertiary/aromatic N) is 1. The maximum atomic E-state index is 5.92. The minimum Gasteiger partial charge on any atom is -0.497 e. The van der Waals surface area contributed by atoms with Crippen molar-refractivity contribution in [2.45, 2.75) is 32.9 Å². The zero-order chi connectivity index (χ0) is 12.8. The van der Waals surface area contributed by atoms with Gasteiger partial charge < -0.3 is 10.5 Å². The van der Waals surface area contributed by atoms with E-state index in [1.165, 1.54) is 5.56 Å². The lowest BCUT2D eigenvalue weighted by Crippen LogP contribution is -2.38. The molecule has 0 fully saturated rings. The second kappa shape index (κ2) is 6.62. The topological polar surface area (TPSA) is 38.5 Å². The largest absolute Gasteiger partial charge is 0.497 e. The fourth-order valence-corrected chi connectivity index (χ4v) is 2.23. The number of likely N-dealkylation sites (N-methyl/N-ethyl adjacent to an activating group) is 1. The first kappa shape index (κ1) is 14.0. The quantitative estimate of drug-likeness (QED) is 0.824. The van der Waals surface area contributed by atoms with E-state index in [-0.39, 0.29) is 6.04 Å². The SMILES string of the molecule is CCN(C(C)C)C(CN)c1ccc(OC)cc1. The molecule has 0 aliphatic heterocycles. The average Bonchev–Trinajstić information content (AvgIpc) is 2.35. The van der Waals surface area contributed by atoms with Gasteiger partial charge in [-0.05, 0) is 38.1 Å². The summed E-state index contributed by atoms with van der Waals surface area (Å²) in [6.45, 7) is 8.22. The fourth-order valence-electron chi connectivity index (χ4n) is 2.23. The van der Waals surface area contributed by atoms with E-state index in [0.29, 0.717) is 12.6 Å². The van der Waals surface area contributed by atoms with E-state index in [1.54, 1.807) is 7.11 Å². The number of hydrogen-bond acceptors (Lipinski definition) is 3. The van der Waals surface area contributed by atoms with Gasteiger partial charge in [-0.25, -0.2) is 0 Å². The first-order valence-electron chi connectivity index (χ1n) is 6.23. The van der Waals surface area contributed by atoms with Crippen LogP contribution in [0.25, 0.3) is 0 Å². The molecule has 1 aromatic rings. The minimum atomic E-state index is 0.283. The Balaban J connectivity index is 2.91. The van der Waals surface area contributed by atoms with Crippen molar-refractivity contribution in [3.05, 3.63) is 29.8 Å². The molecule has 0 aromatic heterocycles. The first-order chi connectivity index (χ1) is 8.13. The zero-order valence-electron chi connectivity index (χ0n) is 11.3. The first-order valence-corrected chi connectivity index (χ1v) is 6.23. The summed E-state index contributed by atoms with van der Waals surface area (Å²) in [4.78, 5) is 2.40. The molecule has 96 valence electrons. The molecule has 17 heavy (non-hydrogen) atoms.